The van der Waals surface area contributed by atoms with Crippen LogP contribution in [-0.2, 0) is 11.4 Å². The van der Waals surface area contributed by atoms with Gasteiger partial charge in [-0.05, 0) is 66.1 Å². The van der Waals surface area contributed by atoms with Gasteiger partial charge in [-0.2, -0.15) is 5.26 Å². The number of fused-ring (bicyclic) bond motifs is 1. The molecule has 4 aromatic rings. The minimum atomic E-state index is -0.481. The first-order valence-corrected chi connectivity index (χ1v) is 11.4. The van der Waals surface area contributed by atoms with Crippen molar-refractivity contribution < 1.29 is 14.3 Å². The predicted molar refractivity (Wildman–Crippen MR) is 139 cm³/mol. The first-order chi connectivity index (χ1) is 17.0. The number of hydrogen-bond acceptors (Lipinski definition) is 4. The first kappa shape index (κ1) is 23.6. The summed E-state index contributed by atoms with van der Waals surface area (Å²) < 4.78 is 11.6. The van der Waals surface area contributed by atoms with Crippen molar-refractivity contribution in [3.8, 4) is 17.6 Å². The highest BCUT2D eigenvalue weighted by Gasteiger charge is 2.11. The molecule has 0 aliphatic carbocycles. The minimum absolute atomic E-state index is 0.00426. The van der Waals surface area contributed by atoms with Crippen LogP contribution in [0.1, 0.15) is 25.0 Å². The van der Waals surface area contributed by atoms with Gasteiger partial charge in [0, 0.05) is 11.8 Å². The third-order valence-electron chi connectivity index (χ3n) is 5.29. The predicted octanol–water partition coefficient (Wildman–Crippen LogP) is 6.75. The Balaban J connectivity index is 1.41. The molecule has 0 unspecified atom stereocenters. The van der Waals surface area contributed by atoms with Crippen molar-refractivity contribution in [2.75, 3.05) is 5.32 Å². The van der Waals surface area contributed by atoms with Gasteiger partial charge in [-0.25, -0.2) is 0 Å². The molecule has 0 saturated heterocycles. The summed E-state index contributed by atoms with van der Waals surface area (Å²) in [6.45, 7) is 4.31. The van der Waals surface area contributed by atoms with Crippen molar-refractivity contribution >= 4 is 28.4 Å². The quantitative estimate of drug-likeness (QED) is 0.232. The van der Waals surface area contributed by atoms with Gasteiger partial charge in [-0.1, -0.05) is 60.7 Å². The molecule has 0 aliphatic rings. The van der Waals surface area contributed by atoms with Crippen molar-refractivity contribution in [2.24, 2.45) is 0 Å². The van der Waals surface area contributed by atoms with Crippen molar-refractivity contribution in [2.45, 2.75) is 26.6 Å². The van der Waals surface area contributed by atoms with Crippen LogP contribution in [0.4, 0.5) is 5.69 Å². The van der Waals surface area contributed by atoms with Crippen LogP contribution in [0.3, 0.4) is 0 Å². The smallest absolute Gasteiger partial charge is 0.266 e. The molecule has 0 aliphatic heterocycles. The molecule has 1 amide bonds. The molecule has 35 heavy (non-hydrogen) atoms. The van der Waals surface area contributed by atoms with Crippen molar-refractivity contribution in [3.05, 3.63) is 108 Å². The van der Waals surface area contributed by atoms with E-state index < -0.39 is 5.91 Å². The minimum Gasteiger partial charge on any atom is -0.491 e. The van der Waals surface area contributed by atoms with Crippen LogP contribution in [0.5, 0.6) is 11.5 Å². The van der Waals surface area contributed by atoms with Gasteiger partial charge in [0.05, 0.1) is 6.10 Å². The molecule has 0 fully saturated rings. The molecular weight excluding hydrogens is 436 g/mol. The zero-order chi connectivity index (χ0) is 24.6. The average Bonchev–Trinajstić information content (AvgIpc) is 2.86. The van der Waals surface area contributed by atoms with Gasteiger partial charge in [-0.15, -0.1) is 0 Å². The molecule has 174 valence electrons. The summed E-state index contributed by atoms with van der Waals surface area (Å²) in [6.07, 6.45) is 1.58. The molecule has 4 aromatic carbocycles. The van der Waals surface area contributed by atoms with Gasteiger partial charge < -0.3 is 14.8 Å². The van der Waals surface area contributed by atoms with Gasteiger partial charge in [0.2, 0.25) is 0 Å². The van der Waals surface area contributed by atoms with E-state index in [1.54, 1.807) is 24.3 Å². The zero-order valence-corrected chi connectivity index (χ0v) is 19.7. The number of anilines is 1. The second-order valence-corrected chi connectivity index (χ2v) is 8.31. The van der Waals surface area contributed by atoms with E-state index in [4.69, 9.17) is 9.47 Å². The number of nitrogens with one attached hydrogen (secondary N) is 1. The number of nitrogens with zero attached hydrogens (tertiary/aromatic N) is 1. The lowest BCUT2D eigenvalue weighted by Crippen LogP contribution is -2.13. The number of amides is 1. The summed E-state index contributed by atoms with van der Waals surface area (Å²) in [5.74, 6) is 0.880. The van der Waals surface area contributed by atoms with E-state index in [9.17, 15) is 10.1 Å². The number of nitriles is 1. The summed E-state index contributed by atoms with van der Waals surface area (Å²) >= 11 is 0. The van der Waals surface area contributed by atoms with E-state index in [-0.39, 0.29) is 11.7 Å². The summed E-state index contributed by atoms with van der Waals surface area (Å²) in [7, 11) is 0. The Morgan fingerprint density at radius 2 is 1.69 bits per heavy atom. The molecule has 0 spiro atoms. The molecule has 4 rings (SSSR count). The van der Waals surface area contributed by atoms with E-state index >= 15 is 0 Å². The van der Waals surface area contributed by atoms with E-state index in [1.807, 2.05) is 68.4 Å². The third-order valence-corrected chi connectivity index (χ3v) is 5.29. The molecule has 0 saturated carbocycles. The molecule has 1 N–H and O–H groups in total. The van der Waals surface area contributed by atoms with E-state index in [1.165, 1.54) is 10.8 Å². The Hall–Kier alpha value is -4.56. The lowest BCUT2D eigenvalue weighted by Gasteiger charge is -2.11. The SMILES string of the molecule is CC(C)Oc1cccc(NC(=O)/C(C#N)=C\c2ccc(OCc3cccc4ccccc34)cc2)c1. The summed E-state index contributed by atoms with van der Waals surface area (Å²) in [4.78, 5) is 12.6. The standard InChI is InChI=1S/C30H26N2O3/c1-21(2)35-28-11-6-10-26(18-28)32-30(33)25(19-31)17-22-13-15-27(16-14-22)34-20-24-9-5-8-23-7-3-4-12-29(23)24/h3-18,21H,20H2,1-2H3,(H,32,33)/b25-17-. The number of hydrogen-bond donors (Lipinski definition) is 1. The third kappa shape index (κ3) is 6.27. The summed E-state index contributed by atoms with van der Waals surface area (Å²) in [6, 6.07) is 30.8. The van der Waals surface area contributed by atoms with Crippen molar-refractivity contribution in [3.63, 3.8) is 0 Å². The highest BCUT2D eigenvalue weighted by Crippen LogP contribution is 2.22. The average molecular weight is 463 g/mol. The first-order valence-electron chi connectivity index (χ1n) is 11.4. The lowest BCUT2D eigenvalue weighted by atomic mass is 10.1. The maximum Gasteiger partial charge on any atom is 0.266 e. The number of benzene rings is 4. The summed E-state index contributed by atoms with van der Waals surface area (Å²) in [5.41, 5.74) is 2.40. The normalized spacial score (nSPS) is 11.2. The van der Waals surface area contributed by atoms with E-state index in [0.29, 0.717) is 23.8 Å². The van der Waals surface area contributed by atoms with E-state index in [0.717, 1.165) is 11.1 Å². The largest absolute Gasteiger partial charge is 0.491 e. The monoisotopic (exact) mass is 462 g/mol. The highest BCUT2D eigenvalue weighted by atomic mass is 16.5. The molecule has 0 radical (unpaired) electrons. The number of rotatable bonds is 8. The number of ether oxygens (including phenoxy) is 2. The van der Waals surface area contributed by atoms with Crippen molar-refractivity contribution in [1.82, 2.24) is 0 Å². The fourth-order valence-corrected chi connectivity index (χ4v) is 3.67. The van der Waals surface area contributed by atoms with E-state index in [2.05, 4.69) is 29.6 Å². The maximum atomic E-state index is 12.6. The topological polar surface area (TPSA) is 71.3 Å². The zero-order valence-electron chi connectivity index (χ0n) is 19.7. The summed E-state index contributed by atoms with van der Waals surface area (Å²) in [5, 5.41) is 14.6. The Labute approximate surface area is 205 Å². The van der Waals surface area contributed by atoms with Gasteiger partial charge >= 0.3 is 0 Å². The molecule has 0 bridgehead atoms. The molecular formula is C30H26N2O3. The van der Waals surface area contributed by atoms with Crippen LogP contribution in [0.25, 0.3) is 16.8 Å². The second kappa shape index (κ2) is 11.0. The molecule has 5 nitrogen and oxygen atoms in total. The molecule has 5 heteroatoms. The van der Waals surface area contributed by atoms with Crippen LogP contribution >= 0.6 is 0 Å². The van der Waals surface area contributed by atoms with Crippen LogP contribution in [0.2, 0.25) is 0 Å². The fraction of sp³-hybridized carbons (Fsp3) is 0.133. The van der Waals surface area contributed by atoms with Gasteiger partial charge in [0.1, 0.15) is 29.7 Å². The number of carbonyl (C=O) groups is 1. The Morgan fingerprint density at radius 3 is 2.46 bits per heavy atom. The Bertz CT molecular complexity index is 1390. The fourth-order valence-electron chi connectivity index (χ4n) is 3.67. The molecule has 0 aromatic heterocycles. The Morgan fingerprint density at radius 1 is 0.943 bits per heavy atom. The van der Waals surface area contributed by atoms with Crippen LogP contribution < -0.4 is 14.8 Å². The molecule has 0 atom stereocenters. The van der Waals surface area contributed by atoms with Crippen LogP contribution in [0.15, 0.2) is 96.6 Å². The Kier molecular flexibility index (Phi) is 7.44. The molecule has 0 heterocycles. The van der Waals surface area contributed by atoms with Gasteiger partial charge in [0.15, 0.2) is 0 Å². The second-order valence-electron chi connectivity index (χ2n) is 8.31. The maximum absolute atomic E-state index is 12.6. The van der Waals surface area contributed by atoms with Crippen LogP contribution in [-0.4, -0.2) is 12.0 Å². The van der Waals surface area contributed by atoms with Crippen molar-refractivity contribution in [1.29, 1.82) is 5.26 Å². The highest BCUT2D eigenvalue weighted by molar-refractivity contribution is 6.09. The number of carbonyl (C=O) groups excluding carboxylic acids is 1. The van der Waals surface area contributed by atoms with Crippen LogP contribution in [0, 0.1) is 11.3 Å². The van der Waals surface area contributed by atoms with Gasteiger partial charge in [-0.3, -0.25) is 4.79 Å². The lowest BCUT2D eigenvalue weighted by molar-refractivity contribution is -0.112. The van der Waals surface area contributed by atoms with Gasteiger partial charge in [0.25, 0.3) is 5.91 Å².